The van der Waals surface area contributed by atoms with Crippen LogP contribution in [-0.2, 0) is 13.5 Å². The fraction of sp³-hybridized carbons (Fsp3) is 0.308. The molecule has 0 aromatic carbocycles. The average molecular weight is 460 g/mol. The topological polar surface area (TPSA) is 92.9 Å². The summed E-state index contributed by atoms with van der Waals surface area (Å²) in [6.45, 7) is 0. The Morgan fingerprint density at radius 3 is 2.74 bits per heavy atom. The lowest BCUT2D eigenvalue weighted by molar-refractivity contribution is 0.0714. The lowest BCUT2D eigenvalue weighted by Gasteiger charge is -2.28. The summed E-state index contributed by atoms with van der Waals surface area (Å²) < 4.78 is 15.0. The highest BCUT2D eigenvalue weighted by Crippen LogP contribution is 2.24. The number of nitrogens with one attached hydrogen (secondary N) is 1. The zero-order valence-electron chi connectivity index (χ0n) is 18.9. The van der Waals surface area contributed by atoms with Crippen LogP contribution in [0.15, 0.2) is 55.0 Å². The zero-order chi connectivity index (χ0) is 23.7. The molecule has 0 saturated heterocycles. The standard InChI is InChI=1S/C26H26FN5O2/c1-32-11-10-19-18(12-16-6-8-20(28-14-16)17-7-9-24(27)29-15-17)13-22(30-25(19)32)26(34)31-21-4-2-3-5-23(21)33/h6-11,13-15,21,23,33H,2-5,12H2,1H3,(H,31,34)/t21-,23-/m0/s1. The fourth-order valence-electron chi connectivity index (χ4n) is 4.53. The van der Waals surface area contributed by atoms with Crippen molar-refractivity contribution in [3.05, 3.63) is 77.8 Å². The van der Waals surface area contributed by atoms with Gasteiger partial charge in [-0.15, -0.1) is 0 Å². The van der Waals surface area contributed by atoms with E-state index in [1.54, 1.807) is 12.3 Å². The first kappa shape index (κ1) is 22.2. The second kappa shape index (κ2) is 9.30. The van der Waals surface area contributed by atoms with E-state index < -0.39 is 12.1 Å². The molecule has 1 saturated carbocycles. The Hall–Kier alpha value is -3.65. The van der Waals surface area contributed by atoms with Crippen molar-refractivity contribution in [2.45, 2.75) is 44.2 Å². The van der Waals surface area contributed by atoms with E-state index >= 15 is 0 Å². The van der Waals surface area contributed by atoms with Crippen molar-refractivity contribution in [2.75, 3.05) is 0 Å². The van der Waals surface area contributed by atoms with Crippen LogP contribution in [0.3, 0.4) is 0 Å². The minimum atomic E-state index is -0.525. The van der Waals surface area contributed by atoms with Gasteiger partial charge in [0.1, 0.15) is 11.3 Å². The Bertz CT molecular complexity index is 1320. The number of aryl methyl sites for hydroxylation is 1. The predicted octanol–water partition coefficient (Wildman–Crippen LogP) is 3.79. The number of nitrogens with zero attached hydrogens (tertiary/aromatic N) is 4. The van der Waals surface area contributed by atoms with Crippen LogP contribution >= 0.6 is 0 Å². The van der Waals surface area contributed by atoms with Gasteiger partial charge in [-0.25, -0.2) is 9.97 Å². The monoisotopic (exact) mass is 459 g/mol. The van der Waals surface area contributed by atoms with Crippen LogP contribution in [0, 0.1) is 5.95 Å². The Morgan fingerprint density at radius 2 is 2.00 bits per heavy atom. The molecule has 0 unspecified atom stereocenters. The summed E-state index contributed by atoms with van der Waals surface area (Å²) in [5.41, 5.74) is 4.47. The van der Waals surface area contributed by atoms with Crippen molar-refractivity contribution in [3.8, 4) is 11.3 Å². The molecule has 1 fully saturated rings. The number of hydrogen-bond donors (Lipinski definition) is 2. The smallest absolute Gasteiger partial charge is 0.270 e. The normalized spacial score (nSPS) is 18.2. The Balaban J connectivity index is 1.41. The second-order valence-corrected chi connectivity index (χ2v) is 8.86. The van der Waals surface area contributed by atoms with Gasteiger partial charge in [-0.3, -0.25) is 9.78 Å². The Kier molecular flexibility index (Phi) is 6.06. The molecule has 2 atom stereocenters. The number of pyridine rings is 3. The molecule has 0 spiro atoms. The van der Waals surface area contributed by atoms with Gasteiger partial charge in [0, 0.05) is 36.6 Å². The summed E-state index contributed by atoms with van der Waals surface area (Å²) in [7, 11) is 1.90. The maximum absolute atomic E-state index is 13.1. The van der Waals surface area contributed by atoms with Crippen LogP contribution in [0.1, 0.15) is 47.3 Å². The third kappa shape index (κ3) is 4.54. The van der Waals surface area contributed by atoms with Crippen molar-refractivity contribution >= 4 is 16.9 Å². The minimum Gasteiger partial charge on any atom is -0.391 e. The lowest BCUT2D eigenvalue weighted by atomic mass is 9.92. The molecule has 4 aromatic rings. The van der Waals surface area contributed by atoms with E-state index in [-0.39, 0.29) is 11.9 Å². The number of halogens is 1. The summed E-state index contributed by atoms with van der Waals surface area (Å²) in [6, 6.07) is 10.4. The average Bonchev–Trinajstić information content (AvgIpc) is 3.22. The quantitative estimate of drug-likeness (QED) is 0.443. The van der Waals surface area contributed by atoms with E-state index in [2.05, 4.69) is 20.3 Å². The molecule has 34 heavy (non-hydrogen) atoms. The van der Waals surface area contributed by atoms with Gasteiger partial charge < -0.3 is 15.0 Å². The minimum absolute atomic E-state index is 0.242. The molecule has 7 nitrogen and oxygen atoms in total. The number of aromatic nitrogens is 4. The first-order chi connectivity index (χ1) is 16.5. The number of aliphatic hydroxyl groups excluding tert-OH is 1. The molecule has 8 heteroatoms. The van der Waals surface area contributed by atoms with E-state index in [0.717, 1.165) is 47.0 Å². The van der Waals surface area contributed by atoms with E-state index in [4.69, 9.17) is 0 Å². The molecule has 0 radical (unpaired) electrons. The highest BCUT2D eigenvalue weighted by atomic mass is 19.1. The van der Waals surface area contributed by atoms with E-state index in [1.807, 2.05) is 42.1 Å². The van der Waals surface area contributed by atoms with E-state index in [1.165, 1.54) is 12.3 Å². The van der Waals surface area contributed by atoms with Gasteiger partial charge in [0.15, 0.2) is 0 Å². The molecule has 4 heterocycles. The SMILES string of the molecule is Cn1ccc2c(Cc3ccc(-c4ccc(F)nc4)nc3)cc(C(=O)N[C@H]3CCCC[C@@H]3O)nc21. The summed E-state index contributed by atoms with van der Waals surface area (Å²) in [5.74, 6) is -0.796. The number of aliphatic hydroxyl groups is 1. The third-order valence-corrected chi connectivity index (χ3v) is 6.44. The Labute approximate surface area is 196 Å². The molecule has 5 rings (SSSR count). The number of fused-ring (bicyclic) bond motifs is 1. The van der Waals surface area contributed by atoms with Crippen molar-refractivity contribution in [2.24, 2.45) is 7.05 Å². The van der Waals surface area contributed by atoms with Gasteiger partial charge in [-0.1, -0.05) is 18.9 Å². The second-order valence-electron chi connectivity index (χ2n) is 8.86. The van der Waals surface area contributed by atoms with Gasteiger partial charge in [-0.05, 0) is 60.7 Å². The third-order valence-electron chi connectivity index (χ3n) is 6.44. The highest BCUT2D eigenvalue weighted by Gasteiger charge is 2.26. The summed E-state index contributed by atoms with van der Waals surface area (Å²) in [6.07, 6.45) is 8.68. The maximum Gasteiger partial charge on any atom is 0.270 e. The van der Waals surface area contributed by atoms with Crippen molar-refractivity contribution in [3.63, 3.8) is 0 Å². The molecular weight excluding hydrogens is 433 g/mol. The van der Waals surface area contributed by atoms with Crippen LogP contribution in [-0.4, -0.2) is 42.7 Å². The molecule has 2 N–H and O–H groups in total. The van der Waals surface area contributed by atoms with Gasteiger partial charge in [0.2, 0.25) is 5.95 Å². The summed E-state index contributed by atoms with van der Waals surface area (Å²) >= 11 is 0. The van der Waals surface area contributed by atoms with Crippen LogP contribution < -0.4 is 5.32 Å². The zero-order valence-corrected chi connectivity index (χ0v) is 18.9. The summed E-state index contributed by atoms with van der Waals surface area (Å²) in [5, 5.41) is 14.2. The maximum atomic E-state index is 13.1. The van der Waals surface area contributed by atoms with Gasteiger partial charge in [0.25, 0.3) is 5.91 Å². The van der Waals surface area contributed by atoms with E-state index in [9.17, 15) is 14.3 Å². The van der Waals surface area contributed by atoms with Crippen molar-refractivity contribution in [1.82, 2.24) is 24.8 Å². The largest absolute Gasteiger partial charge is 0.391 e. The van der Waals surface area contributed by atoms with E-state index in [0.29, 0.717) is 24.2 Å². The van der Waals surface area contributed by atoms with Gasteiger partial charge in [-0.2, -0.15) is 4.39 Å². The first-order valence-corrected chi connectivity index (χ1v) is 11.5. The molecule has 174 valence electrons. The molecule has 1 aliphatic carbocycles. The number of carbonyl (C=O) groups is 1. The molecule has 1 aliphatic rings. The number of carbonyl (C=O) groups excluding carboxylic acids is 1. The number of amides is 1. The van der Waals surface area contributed by atoms with Crippen molar-refractivity contribution < 1.29 is 14.3 Å². The van der Waals surface area contributed by atoms with Crippen molar-refractivity contribution in [1.29, 1.82) is 0 Å². The molecular formula is C26H26FN5O2. The molecule has 4 aromatic heterocycles. The predicted molar refractivity (Wildman–Crippen MR) is 127 cm³/mol. The van der Waals surface area contributed by atoms with Crippen LogP contribution in [0.5, 0.6) is 0 Å². The van der Waals surface area contributed by atoms with Gasteiger partial charge >= 0.3 is 0 Å². The Morgan fingerprint density at radius 1 is 1.15 bits per heavy atom. The highest BCUT2D eigenvalue weighted by molar-refractivity contribution is 5.95. The summed E-state index contributed by atoms with van der Waals surface area (Å²) in [4.78, 5) is 25.8. The van der Waals surface area contributed by atoms with Crippen LogP contribution in [0.25, 0.3) is 22.3 Å². The number of rotatable bonds is 5. The lowest BCUT2D eigenvalue weighted by Crippen LogP contribution is -2.45. The van der Waals surface area contributed by atoms with Gasteiger partial charge in [0.05, 0.1) is 17.8 Å². The fourth-order valence-corrected chi connectivity index (χ4v) is 4.53. The molecule has 0 aliphatic heterocycles. The van der Waals surface area contributed by atoms with Crippen LogP contribution in [0.4, 0.5) is 4.39 Å². The molecule has 0 bridgehead atoms. The molecule has 1 amide bonds. The number of hydrogen-bond acceptors (Lipinski definition) is 5. The first-order valence-electron chi connectivity index (χ1n) is 11.5. The van der Waals surface area contributed by atoms with Crippen LogP contribution in [0.2, 0.25) is 0 Å².